The number of amides is 2. The second-order valence-corrected chi connectivity index (χ2v) is 9.18. The normalized spacial score (nSPS) is 23.3. The van der Waals surface area contributed by atoms with E-state index in [9.17, 15) is 14.4 Å². The number of rotatable bonds is 1. The number of hydrogen-bond donors (Lipinski definition) is 2. The average Bonchev–Trinajstić information content (AvgIpc) is 2.61. The Morgan fingerprint density at radius 3 is 2.54 bits per heavy atom. The third-order valence-corrected chi connectivity index (χ3v) is 6.13. The second-order valence-electron chi connectivity index (χ2n) is 7.89. The quantitative estimate of drug-likeness (QED) is 0.440. The summed E-state index contributed by atoms with van der Waals surface area (Å²) < 4.78 is 3.78. The standard InChI is InChI=1S/C21H20N2O4S/c1-20(2,3)23-17(24)16-12-8-4-6-10-14(12)27-19(26)21(16)18(25)22-13-9-5-7-11-15(13)28-21/h4-11,16H,1-3H3,(H,22,25)(H,23,24)/t16-,21+/m0/s1. The molecule has 2 heterocycles. The zero-order valence-corrected chi connectivity index (χ0v) is 16.6. The van der Waals surface area contributed by atoms with Gasteiger partial charge in [0.2, 0.25) is 10.7 Å². The van der Waals surface area contributed by atoms with Crippen LogP contribution in [0.5, 0.6) is 5.75 Å². The van der Waals surface area contributed by atoms with E-state index in [0.29, 0.717) is 21.9 Å². The molecule has 4 rings (SSSR count). The molecule has 0 bridgehead atoms. The molecule has 2 aliphatic rings. The van der Waals surface area contributed by atoms with E-state index in [0.717, 1.165) is 11.8 Å². The van der Waals surface area contributed by atoms with Crippen LogP contribution in [0, 0.1) is 0 Å². The van der Waals surface area contributed by atoms with Crippen molar-refractivity contribution in [2.24, 2.45) is 0 Å². The number of ether oxygens (including phenoxy) is 1. The van der Waals surface area contributed by atoms with Crippen molar-refractivity contribution in [3.8, 4) is 5.75 Å². The highest BCUT2D eigenvalue weighted by molar-refractivity contribution is 8.02. The number of fused-ring (bicyclic) bond motifs is 2. The summed E-state index contributed by atoms with van der Waals surface area (Å²) in [4.78, 5) is 40.4. The molecule has 144 valence electrons. The van der Waals surface area contributed by atoms with Crippen molar-refractivity contribution < 1.29 is 19.1 Å². The Bertz CT molecular complexity index is 988. The minimum atomic E-state index is -1.74. The van der Waals surface area contributed by atoms with Crippen LogP contribution in [0.15, 0.2) is 53.4 Å². The zero-order valence-electron chi connectivity index (χ0n) is 15.7. The molecule has 0 fully saturated rings. The van der Waals surface area contributed by atoms with Crippen molar-refractivity contribution in [2.45, 2.75) is 41.9 Å². The number of carbonyl (C=O) groups is 3. The summed E-state index contributed by atoms with van der Waals surface area (Å²) in [6.45, 7) is 5.57. The fourth-order valence-electron chi connectivity index (χ4n) is 3.51. The molecule has 0 radical (unpaired) electrons. The van der Waals surface area contributed by atoms with Gasteiger partial charge in [0.15, 0.2) is 0 Å². The maximum Gasteiger partial charge on any atom is 0.338 e. The van der Waals surface area contributed by atoms with Crippen LogP contribution in [-0.4, -0.2) is 28.1 Å². The summed E-state index contributed by atoms with van der Waals surface area (Å²) >= 11 is 1.08. The van der Waals surface area contributed by atoms with Gasteiger partial charge in [0.1, 0.15) is 11.7 Å². The number of thioether (sulfide) groups is 1. The fourth-order valence-corrected chi connectivity index (χ4v) is 4.85. The van der Waals surface area contributed by atoms with Crippen LogP contribution in [0.3, 0.4) is 0 Å². The monoisotopic (exact) mass is 396 g/mol. The van der Waals surface area contributed by atoms with E-state index >= 15 is 0 Å². The van der Waals surface area contributed by atoms with Crippen molar-refractivity contribution >= 4 is 35.2 Å². The summed E-state index contributed by atoms with van der Waals surface area (Å²) in [5, 5.41) is 5.72. The molecule has 2 aliphatic heterocycles. The first-order chi connectivity index (χ1) is 13.2. The Kier molecular flexibility index (Phi) is 4.23. The van der Waals surface area contributed by atoms with Crippen molar-refractivity contribution in [3.63, 3.8) is 0 Å². The highest BCUT2D eigenvalue weighted by Crippen LogP contribution is 2.54. The fraction of sp³-hybridized carbons (Fsp3) is 0.286. The van der Waals surface area contributed by atoms with Crippen LogP contribution in [0.2, 0.25) is 0 Å². The first-order valence-corrected chi connectivity index (χ1v) is 9.77. The van der Waals surface area contributed by atoms with E-state index in [2.05, 4.69) is 10.6 Å². The number of benzene rings is 2. The average molecular weight is 396 g/mol. The van der Waals surface area contributed by atoms with Gasteiger partial charge in [0, 0.05) is 16.0 Å². The summed E-state index contributed by atoms with van der Waals surface area (Å²) in [5.41, 5.74) is 0.609. The van der Waals surface area contributed by atoms with Gasteiger partial charge in [0.25, 0.3) is 5.91 Å². The summed E-state index contributed by atoms with van der Waals surface area (Å²) in [7, 11) is 0. The Morgan fingerprint density at radius 2 is 1.79 bits per heavy atom. The van der Waals surface area contributed by atoms with Gasteiger partial charge in [-0.3, -0.25) is 9.59 Å². The maximum absolute atomic E-state index is 13.3. The predicted octanol–water partition coefficient (Wildman–Crippen LogP) is 3.09. The Hall–Kier alpha value is -2.80. The zero-order chi connectivity index (χ0) is 20.1. The molecule has 1 spiro atoms. The van der Waals surface area contributed by atoms with Crippen molar-refractivity contribution in [3.05, 3.63) is 54.1 Å². The number of esters is 1. The van der Waals surface area contributed by atoms with Crippen molar-refractivity contribution in [1.29, 1.82) is 0 Å². The van der Waals surface area contributed by atoms with E-state index < -0.39 is 34.0 Å². The third-order valence-electron chi connectivity index (χ3n) is 4.65. The molecule has 0 aliphatic carbocycles. The lowest BCUT2D eigenvalue weighted by Gasteiger charge is -2.42. The van der Waals surface area contributed by atoms with Crippen LogP contribution in [-0.2, 0) is 14.4 Å². The molecule has 2 aromatic carbocycles. The van der Waals surface area contributed by atoms with E-state index in [1.165, 1.54) is 0 Å². The molecule has 0 saturated carbocycles. The molecule has 2 atom stereocenters. The predicted molar refractivity (Wildman–Crippen MR) is 106 cm³/mol. The topological polar surface area (TPSA) is 84.5 Å². The Balaban J connectivity index is 1.90. The second kappa shape index (κ2) is 6.38. The first kappa shape index (κ1) is 18.6. The number of para-hydroxylation sites is 2. The lowest BCUT2D eigenvalue weighted by Crippen LogP contribution is -2.61. The molecule has 6 nitrogen and oxygen atoms in total. The molecule has 0 aromatic heterocycles. The van der Waals surface area contributed by atoms with Crippen LogP contribution in [0.4, 0.5) is 5.69 Å². The van der Waals surface area contributed by atoms with E-state index in [1.807, 2.05) is 32.9 Å². The third kappa shape index (κ3) is 2.86. The molecule has 7 heteroatoms. The van der Waals surface area contributed by atoms with Crippen LogP contribution < -0.4 is 15.4 Å². The molecule has 0 saturated heterocycles. The number of hydrogen-bond acceptors (Lipinski definition) is 5. The van der Waals surface area contributed by atoms with Gasteiger partial charge in [-0.1, -0.05) is 42.1 Å². The summed E-state index contributed by atoms with van der Waals surface area (Å²) in [5.74, 6) is -2.40. The van der Waals surface area contributed by atoms with Gasteiger partial charge in [-0.15, -0.1) is 0 Å². The first-order valence-electron chi connectivity index (χ1n) is 8.95. The lowest BCUT2D eigenvalue weighted by atomic mass is 9.80. The smallest absolute Gasteiger partial charge is 0.338 e. The van der Waals surface area contributed by atoms with E-state index in [1.54, 1.807) is 36.4 Å². The summed E-state index contributed by atoms with van der Waals surface area (Å²) in [6.07, 6.45) is 0. The number of carbonyl (C=O) groups excluding carboxylic acids is 3. The number of nitrogens with one attached hydrogen (secondary N) is 2. The maximum atomic E-state index is 13.3. The van der Waals surface area contributed by atoms with E-state index in [-0.39, 0.29) is 0 Å². The van der Waals surface area contributed by atoms with Gasteiger partial charge >= 0.3 is 5.97 Å². The molecular formula is C21H20N2O4S. The molecule has 2 amide bonds. The highest BCUT2D eigenvalue weighted by Gasteiger charge is 2.63. The SMILES string of the molecule is CC(C)(C)NC(=O)[C@@H]1c2ccccc2OC(=O)[C@@]12Sc1ccccc1NC2=O. The molecule has 2 aromatic rings. The van der Waals surface area contributed by atoms with Crippen molar-refractivity contribution in [2.75, 3.05) is 5.32 Å². The van der Waals surface area contributed by atoms with Crippen LogP contribution >= 0.6 is 11.8 Å². The van der Waals surface area contributed by atoms with Crippen LogP contribution in [0.25, 0.3) is 0 Å². The lowest BCUT2D eigenvalue weighted by molar-refractivity contribution is -0.146. The van der Waals surface area contributed by atoms with Crippen molar-refractivity contribution in [1.82, 2.24) is 5.32 Å². The summed E-state index contributed by atoms with van der Waals surface area (Å²) in [6, 6.07) is 14.1. The van der Waals surface area contributed by atoms with Gasteiger partial charge in [0.05, 0.1) is 5.69 Å². The van der Waals surface area contributed by atoms with Gasteiger partial charge < -0.3 is 15.4 Å². The minimum Gasteiger partial charge on any atom is -0.425 e. The van der Waals surface area contributed by atoms with Gasteiger partial charge in [-0.2, -0.15) is 0 Å². The Morgan fingerprint density at radius 1 is 1.11 bits per heavy atom. The number of anilines is 1. The highest BCUT2D eigenvalue weighted by atomic mass is 32.2. The van der Waals surface area contributed by atoms with E-state index in [4.69, 9.17) is 4.74 Å². The minimum absolute atomic E-state index is 0.305. The molecule has 0 unspecified atom stereocenters. The molecular weight excluding hydrogens is 376 g/mol. The Labute approximate surface area is 167 Å². The van der Waals surface area contributed by atoms with Gasteiger partial charge in [-0.05, 0) is 39.0 Å². The molecule has 2 N–H and O–H groups in total. The van der Waals surface area contributed by atoms with Gasteiger partial charge in [-0.25, -0.2) is 4.79 Å². The largest absolute Gasteiger partial charge is 0.425 e. The van der Waals surface area contributed by atoms with Crippen LogP contribution in [0.1, 0.15) is 32.3 Å². The molecule has 28 heavy (non-hydrogen) atoms.